The van der Waals surface area contributed by atoms with Crippen LogP contribution in [0, 0.1) is 17.1 Å². The first kappa shape index (κ1) is 23.1. The van der Waals surface area contributed by atoms with Gasteiger partial charge in [-0.1, -0.05) is 23.7 Å². The van der Waals surface area contributed by atoms with Gasteiger partial charge in [-0.2, -0.15) is 5.26 Å². The zero-order chi connectivity index (χ0) is 24.7. The van der Waals surface area contributed by atoms with Gasteiger partial charge in [0.15, 0.2) is 0 Å². The highest BCUT2D eigenvalue weighted by molar-refractivity contribution is 6.30. The number of imidazole rings is 1. The lowest BCUT2D eigenvalue weighted by molar-refractivity contribution is 0.172. The van der Waals surface area contributed by atoms with Crippen LogP contribution in [0.25, 0.3) is 11.2 Å². The number of hydrogen-bond acceptors (Lipinski definition) is 5. The normalized spacial score (nSPS) is 15.0. The van der Waals surface area contributed by atoms with Gasteiger partial charge in [0.25, 0.3) is 0 Å². The summed E-state index contributed by atoms with van der Waals surface area (Å²) in [5.41, 5.74) is 5.77. The number of hydrogen-bond donors (Lipinski definition) is 1. The Bertz CT molecular complexity index is 1540. The molecule has 8 heteroatoms. The molecule has 1 aliphatic rings. The zero-order valence-electron chi connectivity index (χ0n) is 19.0. The van der Waals surface area contributed by atoms with Gasteiger partial charge in [-0.25, -0.2) is 9.37 Å². The summed E-state index contributed by atoms with van der Waals surface area (Å²) < 4.78 is 27.0. The summed E-state index contributed by atoms with van der Waals surface area (Å²) in [7, 11) is 1.57. The second kappa shape index (κ2) is 9.16. The van der Waals surface area contributed by atoms with E-state index in [1.165, 1.54) is 12.1 Å². The summed E-state index contributed by atoms with van der Waals surface area (Å²) in [6.45, 7) is 2.10. The molecule has 0 bridgehead atoms. The highest BCUT2D eigenvalue weighted by atomic mass is 35.5. The zero-order valence-corrected chi connectivity index (χ0v) is 19.8. The monoisotopic (exact) mass is 489 g/mol. The van der Waals surface area contributed by atoms with E-state index in [1.54, 1.807) is 42.8 Å². The van der Waals surface area contributed by atoms with Crippen molar-refractivity contribution in [2.45, 2.75) is 26.2 Å². The van der Waals surface area contributed by atoms with Gasteiger partial charge < -0.3 is 19.0 Å². The van der Waals surface area contributed by atoms with E-state index in [0.29, 0.717) is 50.1 Å². The van der Waals surface area contributed by atoms with Crippen molar-refractivity contribution in [3.8, 4) is 11.8 Å². The molecular weight excluding hydrogens is 469 g/mol. The largest absolute Gasteiger partial charge is 0.488 e. The van der Waals surface area contributed by atoms with E-state index in [1.807, 2.05) is 18.2 Å². The van der Waals surface area contributed by atoms with Gasteiger partial charge in [-0.3, -0.25) is 0 Å². The number of methoxy groups -OCH3 is 1. The van der Waals surface area contributed by atoms with E-state index in [2.05, 4.69) is 11.1 Å². The van der Waals surface area contributed by atoms with Crippen molar-refractivity contribution in [1.29, 1.82) is 5.26 Å². The molecule has 2 aromatic carbocycles. The van der Waals surface area contributed by atoms with Crippen LogP contribution in [0.15, 0.2) is 60.3 Å². The summed E-state index contributed by atoms with van der Waals surface area (Å²) >= 11 is 6.14. The minimum absolute atomic E-state index is 0.155. The number of rotatable bonds is 4. The average molecular weight is 490 g/mol. The molecule has 1 N–H and O–H groups in total. The Balaban J connectivity index is 1.64. The van der Waals surface area contributed by atoms with Gasteiger partial charge in [0.1, 0.15) is 29.9 Å². The molecule has 0 spiro atoms. The van der Waals surface area contributed by atoms with Crippen molar-refractivity contribution in [3.05, 3.63) is 105 Å². The molecule has 1 aliphatic heterocycles. The molecular formula is C27H21ClFN3O3. The van der Waals surface area contributed by atoms with Crippen LogP contribution < -0.4 is 4.74 Å². The SMILES string of the molecule is COCc1nc2cc(Cl)ccn2c1C(O)c1ccc2c(c1)COc1cc(F)ccc1/C2=C(/C)C#N. The number of pyridine rings is 1. The molecule has 0 amide bonds. The second-order valence-corrected chi connectivity index (χ2v) is 8.75. The quantitative estimate of drug-likeness (QED) is 0.378. The average Bonchev–Trinajstić information content (AvgIpc) is 3.11. The van der Waals surface area contributed by atoms with E-state index in [-0.39, 0.29) is 13.2 Å². The van der Waals surface area contributed by atoms with Crippen LogP contribution in [0.2, 0.25) is 5.02 Å². The predicted molar refractivity (Wildman–Crippen MR) is 129 cm³/mol. The third-order valence-corrected chi connectivity index (χ3v) is 6.33. The van der Waals surface area contributed by atoms with Crippen molar-refractivity contribution >= 4 is 22.8 Å². The Hall–Kier alpha value is -3.70. The molecule has 4 aromatic rings. The van der Waals surface area contributed by atoms with E-state index in [0.717, 1.165) is 11.1 Å². The third kappa shape index (κ3) is 4.06. The maximum Gasteiger partial charge on any atom is 0.138 e. The van der Waals surface area contributed by atoms with Gasteiger partial charge in [0.05, 0.1) is 24.1 Å². The fourth-order valence-electron chi connectivity index (χ4n) is 4.51. The van der Waals surface area contributed by atoms with Crippen LogP contribution >= 0.6 is 11.6 Å². The first-order chi connectivity index (χ1) is 16.9. The molecule has 0 fully saturated rings. The molecule has 0 saturated carbocycles. The number of aliphatic hydroxyl groups is 1. The highest BCUT2D eigenvalue weighted by Crippen LogP contribution is 2.40. The van der Waals surface area contributed by atoms with Gasteiger partial charge in [0, 0.05) is 47.2 Å². The van der Waals surface area contributed by atoms with E-state index >= 15 is 0 Å². The predicted octanol–water partition coefficient (Wildman–Crippen LogP) is 5.59. The van der Waals surface area contributed by atoms with Gasteiger partial charge in [-0.05, 0) is 47.9 Å². The van der Waals surface area contributed by atoms with Crippen molar-refractivity contribution in [3.63, 3.8) is 0 Å². The number of nitriles is 1. The Morgan fingerprint density at radius 3 is 2.83 bits per heavy atom. The number of nitrogens with zero attached hydrogens (tertiary/aromatic N) is 3. The number of fused-ring (bicyclic) bond motifs is 3. The molecule has 1 atom stereocenters. The maximum atomic E-state index is 13.9. The van der Waals surface area contributed by atoms with Crippen LogP contribution in [-0.4, -0.2) is 21.6 Å². The molecule has 176 valence electrons. The summed E-state index contributed by atoms with van der Waals surface area (Å²) in [5.74, 6) is -0.0490. The van der Waals surface area contributed by atoms with Gasteiger partial charge in [-0.15, -0.1) is 0 Å². The van der Waals surface area contributed by atoms with Gasteiger partial charge in [0.2, 0.25) is 0 Å². The Morgan fingerprint density at radius 2 is 2.06 bits per heavy atom. The molecule has 5 rings (SSSR count). The molecule has 0 aliphatic carbocycles. The molecule has 3 heterocycles. The maximum absolute atomic E-state index is 13.9. The lowest BCUT2D eigenvalue weighted by Crippen LogP contribution is -2.09. The van der Waals surface area contributed by atoms with Crippen LogP contribution in [0.4, 0.5) is 4.39 Å². The fraction of sp³-hybridized carbons (Fsp3) is 0.185. The minimum atomic E-state index is -1.02. The Kier molecular flexibility index (Phi) is 6.03. The van der Waals surface area contributed by atoms with Crippen LogP contribution in [-0.2, 0) is 18.0 Å². The number of halogens is 2. The minimum Gasteiger partial charge on any atom is -0.488 e. The number of allylic oxidation sites excluding steroid dienone is 1. The van der Waals surface area contributed by atoms with E-state index in [4.69, 9.17) is 21.1 Å². The first-order valence-corrected chi connectivity index (χ1v) is 11.3. The number of ether oxygens (including phenoxy) is 2. The molecule has 6 nitrogen and oxygen atoms in total. The van der Waals surface area contributed by atoms with Crippen LogP contribution in [0.1, 0.15) is 46.7 Å². The summed E-state index contributed by atoms with van der Waals surface area (Å²) in [6.07, 6.45) is 0.742. The standard InChI is InChI=1S/C27H21ClFN3O3/c1-15(12-30)25-20-5-3-16(9-17(20)13-35-23-11-19(29)4-6-21(23)25)27(33)26-22(14-34-2)31-24-10-18(28)7-8-32(24)26/h3-11,27,33H,13-14H2,1-2H3/b25-15-. The molecule has 1 unspecified atom stereocenters. The van der Waals surface area contributed by atoms with E-state index in [9.17, 15) is 14.8 Å². The summed E-state index contributed by atoms with van der Waals surface area (Å²) in [6, 6.07) is 15.5. The van der Waals surface area contributed by atoms with Crippen LogP contribution in [0.5, 0.6) is 5.75 Å². The van der Waals surface area contributed by atoms with Gasteiger partial charge >= 0.3 is 0 Å². The third-order valence-electron chi connectivity index (χ3n) is 6.09. The van der Waals surface area contributed by atoms with E-state index < -0.39 is 11.9 Å². The number of benzene rings is 2. The lowest BCUT2D eigenvalue weighted by atomic mass is 9.89. The molecule has 2 aromatic heterocycles. The molecule has 0 saturated heterocycles. The van der Waals surface area contributed by atoms with Crippen molar-refractivity contribution in [2.75, 3.05) is 7.11 Å². The fourth-order valence-corrected chi connectivity index (χ4v) is 4.66. The van der Waals surface area contributed by atoms with Crippen molar-refractivity contribution < 1.29 is 19.0 Å². The van der Waals surface area contributed by atoms with Crippen LogP contribution in [0.3, 0.4) is 0 Å². The van der Waals surface area contributed by atoms with Crippen molar-refractivity contribution in [2.24, 2.45) is 0 Å². The Morgan fingerprint density at radius 1 is 1.26 bits per heavy atom. The lowest BCUT2D eigenvalue weighted by Gasteiger charge is -2.17. The Labute approximate surface area is 206 Å². The number of aliphatic hydroxyl groups excluding tert-OH is 1. The molecule has 35 heavy (non-hydrogen) atoms. The summed E-state index contributed by atoms with van der Waals surface area (Å²) in [5, 5.41) is 21.7. The first-order valence-electron chi connectivity index (χ1n) is 10.9. The second-order valence-electron chi connectivity index (χ2n) is 8.31. The smallest absolute Gasteiger partial charge is 0.138 e. The highest BCUT2D eigenvalue weighted by Gasteiger charge is 2.26. The molecule has 0 radical (unpaired) electrons. The van der Waals surface area contributed by atoms with Crippen molar-refractivity contribution in [1.82, 2.24) is 9.38 Å². The number of aromatic nitrogens is 2. The summed E-state index contributed by atoms with van der Waals surface area (Å²) in [4.78, 5) is 4.58. The topological polar surface area (TPSA) is 79.8 Å².